The highest BCUT2D eigenvalue weighted by atomic mass is 16.7. The van der Waals surface area contributed by atoms with E-state index in [1.54, 1.807) is 0 Å². The van der Waals surface area contributed by atoms with Crippen LogP contribution in [0.4, 0.5) is 0 Å². The third-order valence-corrected chi connectivity index (χ3v) is 4.46. The van der Waals surface area contributed by atoms with E-state index in [2.05, 4.69) is 25.8 Å². The van der Waals surface area contributed by atoms with Gasteiger partial charge in [0, 0.05) is 25.4 Å². The van der Waals surface area contributed by atoms with Crippen molar-refractivity contribution < 1.29 is 14.6 Å². The molecule has 0 aromatic rings. The molecule has 1 saturated heterocycles. The van der Waals surface area contributed by atoms with Crippen molar-refractivity contribution in [3.8, 4) is 0 Å². The van der Waals surface area contributed by atoms with Crippen molar-refractivity contribution in [3.05, 3.63) is 0 Å². The molecule has 0 aromatic heterocycles. The molecule has 0 aromatic carbocycles. The lowest BCUT2D eigenvalue weighted by atomic mass is 9.86. The number of likely N-dealkylation sites (N-methyl/N-ethyl adjacent to an activating group) is 1. The lowest BCUT2D eigenvalue weighted by molar-refractivity contribution is -0.204. The molecule has 18 heavy (non-hydrogen) atoms. The minimum atomic E-state index is -0.409. The van der Waals surface area contributed by atoms with Crippen LogP contribution in [0.1, 0.15) is 39.5 Å². The molecule has 1 N–H and O–H groups in total. The van der Waals surface area contributed by atoms with Gasteiger partial charge in [-0.05, 0) is 19.4 Å². The van der Waals surface area contributed by atoms with Gasteiger partial charge in [-0.1, -0.05) is 20.3 Å². The molecule has 3 atom stereocenters. The van der Waals surface area contributed by atoms with Gasteiger partial charge in [0.05, 0.1) is 19.3 Å². The fraction of sp³-hybridized carbons (Fsp3) is 1.00. The van der Waals surface area contributed by atoms with E-state index in [0.717, 1.165) is 25.8 Å². The van der Waals surface area contributed by atoms with Crippen molar-refractivity contribution in [1.82, 2.24) is 4.90 Å². The molecule has 0 radical (unpaired) electrons. The Balaban J connectivity index is 1.96. The summed E-state index contributed by atoms with van der Waals surface area (Å²) in [5.41, 5.74) is 0. The molecule has 2 fully saturated rings. The number of nitrogens with zero attached hydrogens (tertiary/aromatic N) is 1. The summed E-state index contributed by atoms with van der Waals surface area (Å²) in [6.07, 6.45) is 3.31. The molecule has 106 valence electrons. The van der Waals surface area contributed by atoms with Crippen LogP contribution in [0.2, 0.25) is 0 Å². The molecule has 1 saturated carbocycles. The van der Waals surface area contributed by atoms with Crippen LogP contribution in [-0.4, -0.2) is 54.7 Å². The van der Waals surface area contributed by atoms with Gasteiger partial charge < -0.3 is 19.5 Å². The zero-order chi connectivity index (χ0) is 13.2. The van der Waals surface area contributed by atoms with E-state index >= 15 is 0 Å². The molecule has 4 nitrogen and oxygen atoms in total. The SMILES string of the molecule is CCC(C)CN(C)C1CC2(CCC1O)OCCO2. The predicted molar refractivity (Wildman–Crippen MR) is 70.4 cm³/mol. The number of ether oxygens (including phenoxy) is 2. The highest BCUT2D eigenvalue weighted by molar-refractivity contribution is 4.92. The number of rotatable bonds is 4. The number of aliphatic hydroxyl groups is 1. The molecule has 4 heteroatoms. The Bertz CT molecular complexity index is 266. The van der Waals surface area contributed by atoms with Gasteiger partial charge in [-0.3, -0.25) is 0 Å². The predicted octanol–water partition coefficient (Wildman–Crippen LogP) is 1.62. The van der Waals surface area contributed by atoms with Gasteiger partial charge in [0.2, 0.25) is 0 Å². The van der Waals surface area contributed by atoms with E-state index < -0.39 is 5.79 Å². The first-order chi connectivity index (χ1) is 8.56. The summed E-state index contributed by atoms with van der Waals surface area (Å²) in [5, 5.41) is 10.2. The molecule has 2 aliphatic rings. The summed E-state index contributed by atoms with van der Waals surface area (Å²) in [5.74, 6) is 0.249. The minimum Gasteiger partial charge on any atom is -0.391 e. The first-order valence-electron chi connectivity index (χ1n) is 7.22. The van der Waals surface area contributed by atoms with Crippen LogP contribution >= 0.6 is 0 Å². The molecule has 1 aliphatic carbocycles. The monoisotopic (exact) mass is 257 g/mol. The number of aliphatic hydroxyl groups excluding tert-OH is 1. The maximum atomic E-state index is 10.2. The smallest absolute Gasteiger partial charge is 0.170 e. The fourth-order valence-electron chi connectivity index (χ4n) is 3.08. The van der Waals surface area contributed by atoms with Gasteiger partial charge >= 0.3 is 0 Å². The second-order valence-electron chi connectivity index (χ2n) is 5.94. The molecule has 0 amide bonds. The minimum absolute atomic E-state index is 0.158. The van der Waals surface area contributed by atoms with Crippen molar-refractivity contribution in [2.45, 2.75) is 57.5 Å². The number of hydrogen-bond acceptors (Lipinski definition) is 4. The van der Waals surface area contributed by atoms with Crippen molar-refractivity contribution in [2.24, 2.45) is 5.92 Å². The van der Waals surface area contributed by atoms with Crippen LogP contribution in [0.3, 0.4) is 0 Å². The summed E-state index contributed by atoms with van der Waals surface area (Å²) in [6, 6.07) is 0.158. The van der Waals surface area contributed by atoms with Gasteiger partial charge in [0.25, 0.3) is 0 Å². The molecular formula is C14H27NO3. The zero-order valence-electron chi connectivity index (χ0n) is 11.9. The Kier molecular flexibility index (Phi) is 4.64. The normalized spacial score (nSPS) is 33.2. The third kappa shape index (κ3) is 3.05. The summed E-state index contributed by atoms with van der Waals surface area (Å²) < 4.78 is 11.6. The van der Waals surface area contributed by atoms with Crippen molar-refractivity contribution in [2.75, 3.05) is 26.8 Å². The van der Waals surface area contributed by atoms with E-state index in [9.17, 15) is 5.11 Å². The first kappa shape index (κ1) is 14.3. The Morgan fingerprint density at radius 3 is 2.67 bits per heavy atom. The molecule has 2 rings (SSSR count). The molecule has 1 spiro atoms. The summed E-state index contributed by atoms with van der Waals surface area (Å²) >= 11 is 0. The van der Waals surface area contributed by atoms with E-state index in [1.165, 1.54) is 6.42 Å². The van der Waals surface area contributed by atoms with Crippen molar-refractivity contribution in [1.29, 1.82) is 0 Å². The maximum Gasteiger partial charge on any atom is 0.170 e. The van der Waals surface area contributed by atoms with E-state index in [1.807, 2.05) is 0 Å². The van der Waals surface area contributed by atoms with Crippen LogP contribution in [-0.2, 0) is 9.47 Å². The van der Waals surface area contributed by atoms with Gasteiger partial charge in [0.1, 0.15) is 0 Å². The summed E-state index contributed by atoms with van der Waals surface area (Å²) in [6.45, 7) is 6.87. The highest BCUT2D eigenvalue weighted by Gasteiger charge is 2.45. The van der Waals surface area contributed by atoms with Crippen molar-refractivity contribution >= 4 is 0 Å². The Morgan fingerprint density at radius 2 is 2.06 bits per heavy atom. The molecule has 3 unspecified atom stereocenters. The van der Waals surface area contributed by atoms with Crippen LogP contribution < -0.4 is 0 Å². The molecule has 1 aliphatic heterocycles. The standard InChI is InChI=1S/C14H27NO3/c1-4-11(2)10-15(3)12-9-14(6-5-13(12)16)17-7-8-18-14/h11-13,16H,4-10H2,1-3H3. The largest absolute Gasteiger partial charge is 0.391 e. The van der Waals surface area contributed by atoms with Gasteiger partial charge in [0.15, 0.2) is 5.79 Å². The Morgan fingerprint density at radius 1 is 1.39 bits per heavy atom. The van der Waals surface area contributed by atoms with Crippen LogP contribution in [0.5, 0.6) is 0 Å². The van der Waals surface area contributed by atoms with Gasteiger partial charge in [-0.25, -0.2) is 0 Å². The van der Waals surface area contributed by atoms with Crippen LogP contribution in [0, 0.1) is 5.92 Å². The zero-order valence-corrected chi connectivity index (χ0v) is 11.9. The van der Waals surface area contributed by atoms with Gasteiger partial charge in [-0.2, -0.15) is 0 Å². The van der Waals surface area contributed by atoms with E-state index in [4.69, 9.17) is 9.47 Å². The first-order valence-corrected chi connectivity index (χ1v) is 7.22. The average molecular weight is 257 g/mol. The fourth-order valence-corrected chi connectivity index (χ4v) is 3.08. The molecule has 0 bridgehead atoms. The molecular weight excluding hydrogens is 230 g/mol. The van der Waals surface area contributed by atoms with Crippen LogP contribution in [0.15, 0.2) is 0 Å². The van der Waals surface area contributed by atoms with Crippen LogP contribution in [0.25, 0.3) is 0 Å². The summed E-state index contributed by atoms with van der Waals surface area (Å²) in [7, 11) is 2.11. The maximum absolute atomic E-state index is 10.2. The van der Waals surface area contributed by atoms with Crippen molar-refractivity contribution in [3.63, 3.8) is 0 Å². The van der Waals surface area contributed by atoms with Gasteiger partial charge in [-0.15, -0.1) is 0 Å². The lowest BCUT2D eigenvalue weighted by Gasteiger charge is -2.43. The number of hydrogen-bond donors (Lipinski definition) is 1. The Hall–Kier alpha value is -0.160. The van der Waals surface area contributed by atoms with E-state index in [-0.39, 0.29) is 12.1 Å². The summed E-state index contributed by atoms with van der Waals surface area (Å²) in [4.78, 5) is 2.28. The van der Waals surface area contributed by atoms with E-state index in [0.29, 0.717) is 19.1 Å². The quantitative estimate of drug-likeness (QED) is 0.831. The topological polar surface area (TPSA) is 41.9 Å². The Labute approximate surface area is 110 Å². The molecule has 1 heterocycles. The lowest BCUT2D eigenvalue weighted by Crippen LogP contribution is -2.53. The highest BCUT2D eigenvalue weighted by Crippen LogP contribution is 2.37. The second kappa shape index (κ2) is 5.87. The third-order valence-electron chi connectivity index (χ3n) is 4.46. The average Bonchev–Trinajstić information content (AvgIpc) is 2.81. The second-order valence-corrected chi connectivity index (χ2v) is 5.94.